The molecule has 1 saturated heterocycles. The number of hydrogen-bond donors (Lipinski definition) is 2. The Kier molecular flexibility index (Phi) is 4.26. The maximum atomic E-state index is 12.3. The molecule has 0 saturated carbocycles. The molecule has 2 aromatic rings. The lowest BCUT2D eigenvalue weighted by Gasteiger charge is -2.12. The number of hydrogen-bond acceptors (Lipinski definition) is 4. The predicted molar refractivity (Wildman–Crippen MR) is 86.8 cm³/mol. The average molecular weight is 365 g/mol. The molecule has 3 heterocycles. The zero-order chi connectivity index (χ0) is 15.7. The van der Waals surface area contributed by atoms with Crippen LogP contribution in [0.4, 0.5) is 0 Å². The van der Waals surface area contributed by atoms with Gasteiger partial charge in [-0.2, -0.15) is 0 Å². The fourth-order valence-corrected chi connectivity index (χ4v) is 2.94. The van der Waals surface area contributed by atoms with Crippen LogP contribution in [0.3, 0.4) is 0 Å². The minimum atomic E-state index is -0.0523. The van der Waals surface area contributed by atoms with Gasteiger partial charge in [-0.05, 0) is 25.5 Å². The number of amides is 1. The minimum absolute atomic E-state index is 0.0523. The van der Waals surface area contributed by atoms with Crippen molar-refractivity contribution in [2.75, 3.05) is 6.54 Å². The van der Waals surface area contributed by atoms with Gasteiger partial charge in [-0.15, -0.1) is 0 Å². The van der Waals surface area contributed by atoms with E-state index in [0.29, 0.717) is 30.7 Å². The number of halogens is 1. The van der Waals surface area contributed by atoms with Crippen LogP contribution in [0.15, 0.2) is 27.6 Å². The highest BCUT2D eigenvalue weighted by molar-refractivity contribution is 9.10. The molecule has 1 atom stereocenters. The molecule has 2 aromatic heterocycles. The Hall–Kier alpha value is -1.73. The van der Waals surface area contributed by atoms with Gasteiger partial charge in [0.2, 0.25) is 5.91 Å². The number of pyridine rings is 1. The van der Waals surface area contributed by atoms with Gasteiger partial charge in [-0.3, -0.25) is 14.0 Å². The number of carbonyl (C=O) groups excluding carboxylic acids is 1. The van der Waals surface area contributed by atoms with E-state index in [2.05, 4.69) is 31.5 Å². The normalized spacial score (nSPS) is 17.9. The van der Waals surface area contributed by atoms with Gasteiger partial charge in [-0.25, -0.2) is 4.98 Å². The second-order valence-electron chi connectivity index (χ2n) is 5.50. The van der Waals surface area contributed by atoms with Crippen molar-refractivity contribution in [3.63, 3.8) is 0 Å². The third-order valence-electron chi connectivity index (χ3n) is 3.89. The third kappa shape index (κ3) is 3.05. The van der Waals surface area contributed by atoms with Crippen molar-refractivity contribution in [3.05, 3.63) is 44.4 Å². The fraction of sp³-hybridized carbons (Fsp3) is 0.400. The van der Waals surface area contributed by atoms with Gasteiger partial charge < -0.3 is 10.6 Å². The molecular weight excluding hydrogens is 348 g/mol. The van der Waals surface area contributed by atoms with Gasteiger partial charge >= 0.3 is 0 Å². The molecule has 1 aliphatic heterocycles. The predicted octanol–water partition coefficient (Wildman–Crippen LogP) is 1.13. The van der Waals surface area contributed by atoms with E-state index in [1.54, 1.807) is 17.5 Å². The summed E-state index contributed by atoms with van der Waals surface area (Å²) in [6.07, 6.45) is 3.16. The lowest BCUT2D eigenvalue weighted by Crippen LogP contribution is -2.36. The van der Waals surface area contributed by atoms with Crippen LogP contribution in [-0.2, 0) is 11.3 Å². The number of carbonyl (C=O) groups is 1. The van der Waals surface area contributed by atoms with Crippen LogP contribution < -0.4 is 16.2 Å². The monoisotopic (exact) mass is 364 g/mol. The zero-order valence-corrected chi connectivity index (χ0v) is 13.8. The van der Waals surface area contributed by atoms with Crippen molar-refractivity contribution < 1.29 is 4.79 Å². The lowest BCUT2D eigenvalue weighted by atomic mass is 10.2. The molecule has 1 amide bonds. The van der Waals surface area contributed by atoms with E-state index in [9.17, 15) is 9.59 Å². The number of nitrogens with zero attached hydrogens (tertiary/aromatic N) is 2. The quantitative estimate of drug-likeness (QED) is 0.852. The SMILES string of the molecule is Cc1c(CNCC2CCC(=O)N2)nc2cc(Br)ccn2c1=O. The summed E-state index contributed by atoms with van der Waals surface area (Å²) in [7, 11) is 0. The molecule has 0 bridgehead atoms. The molecular formula is C15H17BrN4O2. The minimum Gasteiger partial charge on any atom is -0.352 e. The van der Waals surface area contributed by atoms with Gasteiger partial charge in [0.15, 0.2) is 0 Å². The van der Waals surface area contributed by atoms with E-state index in [4.69, 9.17) is 0 Å². The van der Waals surface area contributed by atoms with Crippen molar-refractivity contribution in [3.8, 4) is 0 Å². The Morgan fingerprint density at radius 2 is 2.32 bits per heavy atom. The highest BCUT2D eigenvalue weighted by Crippen LogP contribution is 2.12. The van der Waals surface area contributed by atoms with Crippen LogP contribution >= 0.6 is 15.9 Å². The molecule has 2 N–H and O–H groups in total. The molecule has 116 valence electrons. The van der Waals surface area contributed by atoms with Crippen LogP contribution in [0.5, 0.6) is 0 Å². The van der Waals surface area contributed by atoms with Crippen molar-refractivity contribution in [2.24, 2.45) is 0 Å². The standard InChI is InChI=1S/C15H17BrN4O2/c1-9-12(8-17-7-11-2-3-14(21)18-11)19-13-6-10(16)4-5-20(13)15(9)22/h4-6,11,17H,2-3,7-8H2,1H3,(H,18,21). The lowest BCUT2D eigenvalue weighted by molar-refractivity contribution is -0.119. The van der Waals surface area contributed by atoms with E-state index in [1.807, 2.05) is 12.1 Å². The van der Waals surface area contributed by atoms with Gasteiger partial charge in [0, 0.05) is 41.8 Å². The molecule has 0 radical (unpaired) electrons. The number of fused-ring (bicyclic) bond motifs is 1. The maximum absolute atomic E-state index is 12.3. The molecule has 1 aliphatic rings. The molecule has 0 aliphatic carbocycles. The molecule has 3 rings (SSSR count). The maximum Gasteiger partial charge on any atom is 0.261 e. The topological polar surface area (TPSA) is 75.5 Å². The highest BCUT2D eigenvalue weighted by Gasteiger charge is 2.20. The molecule has 1 unspecified atom stereocenters. The van der Waals surface area contributed by atoms with Crippen molar-refractivity contribution in [2.45, 2.75) is 32.4 Å². The summed E-state index contributed by atoms with van der Waals surface area (Å²) in [5.41, 5.74) is 1.95. The third-order valence-corrected chi connectivity index (χ3v) is 4.38. The van der Waals surface area contributed by atoms with Gasteiger partial charge in [-0.1, -0.05) is 15.9 Å². The second-order valence-corrected chi connectivity index (χ2v) is 6.41. The van der Waals surface area contributed by atoms with Crippen LogP contribution in [0.2, 0.25) is 0 Å². The smallest absolute Gasteiger partial charge is 0.261 e. The van der Waals surface area contributed by atoms with Crippen molar-refractivity contribution >= 4 is 27.5 Å². The summed E-state index contributed by atoms with van der Waals surface area (Å²) in [5, 5.41) is 6.18. The van der Waals surface area contributed by atoms with Crippen LogP contribution in [0, 0.1) is 6.92 Å². The zero-order valence-electron chi connectivity index (χ0n) is 12.2. The van der Waals surface area contributed by atoms with Crippen LogP contribution in [0.1, 0.15) is 24.1 Å². The average Bonchev–Trinajstić information content (AvgIpc) is 2.89. The first-order valence-electron chi connectivity index (χ1n) is 7.22. The number of aromatic nitrogens is 2. The van der Waals surface area contributed by atoms with E-state index in [-0.39, 0.29) is 17.5 Å². The summed E-state index contributed by atoms with van der Waals surface area (Å²) >= 11 is 3.39. The molecule has 22 heavy (non-hydrogen) atoms. The van der Waals surface area contributed by atoms with E-state index in [0.717, 1.165) is 16.6 Å². The van der Waals surface area contributed by atoms with Crippen LogP contribution in [-0.4, -0.2) is 27.9 Å². The summed E-state index contributed by atoms with van der Waals surface area (Å²) < 4.78 is 2.43. The van der Waals surface area contributed by atoms with Crippen molar-refractivity contribution in [1.82, 2.24) is 20.0 Å². The Morgan fingerprint density at radius 3 is 3.05 bits per heavy atom. The molecule has 0 spiro atoms. The summed E-state index contributed by atoms with van der Waals surface area (Å²) in [6, 6.07) is 3.81. The van der Waals surface area contributed by atoms with Gasteiger partial charge in [0.1, 0.15) is 5.65 Å². The summed E-state index contributed by atoms with van der Waals surface area (Å²) in [4.78, 5) is 28.1. The van der Waals surface area contributed by atoms with E-state index >= 15 is 0 Å². The molecule has 7 heteroatoms. The van der Waals surface area contributed by atoms with E-state index in [1.165, 1.54) is 0 Å². The molecule has 6 nitrogen and oxygen atoms in total. The summed E-state index contributed by atoms with van der Waals surface area (Å²) in [5.74, 6) is 0.106. The van der Waals surface area contributed by atoms with Gasteiger partial charge in [0.25, 0.3) is 5.56 Å². The second kappa shape index (κ2) is 6.18. The molecule has 0 aromatic carbocycles. The Labute approximate surface area is 136 Å². The van der Waals surface area contributed by atoms with Gasteiger partial charge in [0.05, 0.1) is 5.69 Å². The number of nitrogens with one attached hydrogen (secondary N) is 2. The Bertz CT molecular complexity index is 787. The highest BCUT2D eigenvalue weighted by atomic mass is 79.9. The van der Waals surface area contributed by atoms with Crippen molar-refractivity contribution in [1.29, 1.82) is 0 Å². The molecule has 1 fully saturated rings. The largest absolute Gasteiger partial charge is 0.352 e. The first kappa shape index (κ1) is 15.2. The van der Waals surface area contributed by atoms with Crippen LogP contribution in [0.25, 0.3) is 5.65 Å². The van der Waals surface area contributed by atoms with E-state index < -0.39 is 0 Å². The Balaban J connectivity index is 1.77. The summed E-state index contributed by atoms with van der Waals surface area (Å²) in [6.45, 7) is 2.99. The Morgan fingerprint density at radius 1 is 1.50 bits per heavy atom. The number of rotatable bonds is 4. The first-order chi connectivity index (χ1) is 10.5. The fourth-order valence-electron chi connectivity index (χ4n) is 2.61. The first-order valence-corrected chi connectivity index (χ1v) is 8.01.